The summed E-state index contributed by atoms with van der Waals surface area (Å²) in [5, 5.41) is 23.9. The molecule has 1 aliphatic carbocycles. The van der Waals surface area contributed by atoms with E-state index in [2.05, 4.69) is 42.5 Å². The Morgan fingerprint density at radius 1 is 1.34 bits per heavy atom. The van der Waals surface area contributed by atoms with Crippen molar-refractivity contribution in [2.24, 2.45) is 11.1 Å². The van der Waals surface area contributed by atoms with Gasteiger partial charge in [0.05, 0.1) is 23.3 Å². The van der Waals surface area contributed by atoms with E-state index in [1.54, 1.807) is 23.2 Å². The number of halogens is 1. The first kappa shape index (κ1) is 26.6. The van der Waals surface area contributed by atoms with Gasteiger partial charge in [0, 0.05) is 33.2 Å². The molecule has 3 aromatic rings. The standard InChI is InChI=1S/C25H22BrN7O2S3/c1-25(2)8-15-21(16(34)9-25)20(17-4-3-7-36-17)14(10-27)22(28)33(15)23-31-32-24(38-23)37-12-19(35)30-18-6-5-13(26)11-29-18/h3-7,11,20H,8-9,12,28H2,1-2H3,(H,29,30,35). The van der Waals surface area contributed by atoms with Gasteiger partial charge in [-0.1, -0.05) is 43.0 Å². The average molecular weight is 629 g/mol. The molecule has 0 saturated carbocycles. The summed E-state index contributed by atoms with van der Waals surface area (Å²) in [7, 11) is 0. The van der Waals surface area contributed by atoms with E-state index < -0.39 is 5.92 Å². The summed E-state index contributed by atoms with van der Waals surface area (Å²) in [5.41, 5.74) is 8.04. The van der Waals surface area contributed by atoms with Crippen LogP contribution in [0.15, 0.2) is 67.3 Å². The van der Waals surface area contributed by atoms with Crippen LogP contribution >= 0.6 is 50.4 Å². The third-order valence-electron chi connectivity index (χ3n) is 6.12. The van der Waals surface area contributed by atoms with E-state index in [-0.39, 0.29) is 28.7 Å². The van der Waals surface area contributed by atoms with Gasteiger partial charge in [-0.2, -0.15) is 5.26 Å². The van der Waals surface area contributed by atoms with Crippen LogP contribution in [0.4, 0.5) is 10.9 Å². The maximum absolute atomic E-state index is 13.5. The highest BCUT2D eigenvalue weighted by atomic mass is 79.9. The van der Waals surface area contributed by atoms with Gasteiger partial charge in [-0.25, -0.2) is 4.98 Å². The minimum absolute atomic E-state index is 0.0113. The molecule has 4 heterocycles. The molecule has 1 unspecified atom stereocenters. The molecule has 38 heavy (non-hydrogen) atoms. The van der Waals surface area contributed by atoms with Gasteiger partial charge in [0.25, 0.3) is 0 Å². The number of nitrogens with one attached hydrogen (secondary N) is 1. The van der Waals surface area contributed by atoms with E-state index in [4.69, 9.17) is 5.73 Å². The summed E-state index contributed by atoms with van der Waals surface area (Å²) < 4.78 is 1.38. The molecule has 3 aromatic heterocycles. The second-order valence-electron chi connectivity index (χ2n) is 9.54. The van der Waals surface area contributed by atoms with E-state index in [1.165, 1.54) is 34.4 Å². The molecule has 1 atom stereocenters. The fraction of sp³-hybridized carbons (Fsp3) is 0.280. The van der Waals surface area contributed by atoms with Crippen LogP contribution in [-0.4, -0.2) is 32.6 Å². The topological polar surface area (TPSA) is 138 Å². The van der Waals surface area contributed by atoms with Gasteiger partial charge >= 0.3 is 0 Å². The summed E-state index contributed by atoms with van der Waals surface area (Å²) in [4.78, 5) is 32.7. The van der Waals surface area contributed by atoms with Crippen molar-refractivity contribution in [3.05, 3.63) is 67.9 Å². The lowest BCUT2D eigenvalue weighted by atomic mass is 9.70. The zero-order valence-electron chi connectivity index (χ0n) is 20.4. The van der Waals surface area contributed by atoms with Crippen molar-refractivity contribution in [2.75, 3.05) is 16.0 Å². The second kappa shape index (κ2) is 10.6. The van der Waals surface area contributed by atoms with Crippen LogP contribution < -0.4 is 16.0 Å². The maximum atomic E-state index is 13.5. The molecule has 194 valence electrons. The van der Waals surface area contributed by atoms with Crippen molar-refractivity contribution in [3.63, 3.8) is 0 Å². The Kier molecular flexibility index (Phi) is 7.41. The lowest BCUT2D eigenvalue weighted by Gasteiger charge is -2.42. The molecule has 0 fully saturated rings. The number of nitrogens with zero attached hydrogens (tertiary/aromatic N) is 5. The van der Waals surface area contributed by atoms with Crippen LogP contribution in [0.25, 0.3) is 0 Å². The number of pyridine rings is 1. The van der Waals surface area contributed by atoms with Gasteiger partial charge in [0.2, 0.25) is 11.0 Å². The highest BCUT2D eigenvalue weighted by Crippen LogP contribution is 2.51. The van der Waals surface area contributed by atoms with Crippen molar-refractivity contribution in [3.8, 4) is 6.07 Å². The van der Waals surface area contributed by atoms with Gasteiger partial charge < -0.3 is 11.1 Å². The number of hydrogen-bond donors (Lipinski definition) is 2. The fourth-order valence-corrected chi connectivity index (χ4v) is 7.33. The van der Waals surface area contributed by atoms with Crippen molar-refractivity contribution in [1.82, 2.24) is 15.2 Å². The smallest absolute Gasteiger partial charge is 0.235 e. The number of Topliss-reactive ketones (excluding diaryl/α,β-unsaturated/α-hetero) is 1. The number of rotatable bonds is 6. The molecule has 0 radical (unpaired) electrons. The highest BCUT2D eigenvalue weighted by Gasteiger charge is 2.45. The quantitative estimate of drug-likeness (QED) is 0.342. The minimum Gasteiger partial charge on any atom is -0.384 e. The van der Waals surface area contributed by atoms with Crippen molar-refractivity contribution >= 4 is 73.0 Å². The Morgan fingerprint density at radius 3 is 2.84 bits per heavy atom. The first-order valence-electron chi connectivity index (χ1n) is 11.5. The maximum Gasteiger partial charge on any atom is 0.235 e. The van der Waals surface area contributed by atoms with Crippen molar-refractivity contribution in [1.29, 1.82) is 5.26 Å². The molecule has 2 aliphatic rings. The Balaban J connectivity index is 1.43. The van der Waals surface area contributed by atoms with Crippen LogP contribution in [0, 0.1) is 16.7 Å². The lowest BCUT2D eigenvalue weighted by Crippen LogP contribution is -2.42. The summed E-state index contributed by atoms with van der Waals surface area (Å²) in [6.07, 6.45) is 2.59. The van der Waals surface area contributed by atoms with Gasteiger partial charge in [-0.05, 0) is 51.3 Å². The third kappa shape index (κ3) is 5.26. The number of hydrogen-bond acceptors (Lipinski definition) is 11. The normalized spacial score (nSPS) is 18.8. The summed E-state index contributed by atoms with van der Waals surface area (Å²) in [5.74, 6) is 0.110. The first-order valence-corrected chi connectivity index (χ1v) is 15.0. The number of nitrogens with two attached hydrogens (primary N) is 1. The molecule has 13 heteroatoms. The molecule has 0 saturated heterocycles. The predicted octanol–water partition coefficient (Wildman–Crippen LogP) is 5.43. The SMILES string of the molecule is CC1(C)CC(=O)C2=C(C1)N(c1nnc(SCC(=O)Nc3ccc(Br)cn3)s1)C(N)=C(C#N)C2c1cccs1. The van der Waals surface area contributed by atoms with Crippen molar-refractivity contribution in [2.45, 2.75) is 36.9 Å². The summed E-state index contributed by atoms with van der Waals surface area (Å²) in [6.45, 7) is 4.10. The van der Waals surface area contributed by atoms with Crippen LogP contribution in [0.5, 0.6) is 0 Å². The first-order chi connectivity index (χ1) is 18.2. The number of nitriles is 1. The average Bonchev–Trinajstić information content (AvgIpc) is 3.55. The van der Waals surface area contributed by atoms with Gasteiger partial charge in [-0.15, -0.1) is 21.5 Å². The van der Waals surface area contributed by atoms with Gasteiger partial charge in [-0.3, -0.25) is 14.5 Å². The van der Waals surface area contributed by atoms with E-state index in [0.717, 1.165) is 15.0 Å². The molecular weight excluding hydrogens is 606 g/mol. The molecule has 9 nitrogen and oxygen atoms in total. The van der Waals surface area contributed by atoms with Gasteiger partial charge in [0.15, 0.2) is 10.1 Å². The Labute approximate surface area is 240 Å². The summed E-state index contributed by atoms with van der Waals surface area (Å²) >= 11 is 7.31. The number of ketones is 1. The number of thioether (sulfide) groups is 1. The molecule has 1 aliphatic heterocycles. The van der Waals surface area contributed by atoms with Crippen LogP contribution in [0.3, 0.4) is 0 Å². The van der Waals surface area contributed by atoms with Crippen LogP contribution in [-0.2, 0) is 9.59 Å². The van der Waals surface area contributed by atoms with Crippen LogP contribution in [0.1, 0.15) is 37.5 Å². The minimum atomic E-state index is -0.493. The van der Waals surface area contributed by atoms with Crippen LogP contribution in [0.2, 0.25) is 0 Å². The molecule has 0 spiro atoms. The fourth-order valence-electron chi connectivity index (χ4n) is 4.57. The number of allylic oxidation sites excluding steroid dienone is 3. The third-order valence-corrected chi connectivity index (χ3v) is 9.57. The summed E-state index contributed by atoms with van der Waals surface area (Å²) in [6, 6.07) is 9.60. The second-order valence-corrected chi connectivity index (χ2v) is 13.6. The number of carbonyl (C=O) groups excluding carboxylic acids is 2. The molecular formula is C25H22BrN7O2S3. The largest absolute Gasteiger partial charge is 0.384 e. The lowest BCUT2D eigenvalue weighted by molar-refractivity contribution is -0.118. The molecule has 0 aromatic carbocycles. The zero-order chi connectivity index (χ0) is 27.0. The molecule has 1 amide bonds. The molecule has 0 bridgehead atoms. The zero-order valence-corrected chi connectivity index (χ0v) is 24.4. The Morgan fingerprint density at radius 2 is 2.16 bits per heavy atom. The molecule has 5 rings (SSSR count). The van der Waals surface area contributed by atoms with E-state index in [0.29, 0.717) is 39.3 Å². The number of amides is 1. The van der Waals surface area contributed by atoms with Gasteiger partial charge in [0.1, 0.15) is 11.6 Å². The predicted molar refractivity (Wildman–Crippen MR) is 153 cm³/mol. The van der Waals surface area contributed by atoms with E-state index in [9.17, 15) is 14.9 Å². The number of thiophene rings is 1. The number of anilines is 2. The monoisotopic (exact) mass is 627 g/mol. The van der Waals surface area contributed by atoms with E-state index >= 15 is 0 Å². The Hall–Kier alpha value is -3.05. The number of carbonyl (C=O) groups is 2. The number of aromatic nitrogens is 3. The molecule has 3 N–H and O–H groups in total. The Bertz CT molecular complexity index is 1500. The van der Waals surface area contributed by atoms with Crippen molar-refractivity contribution < 1.29 is 9.59 Å². The highest BCUT2D eigenvalue weighted by molar-refractivity contribution is 9.10. The van der Waals surface area contributed by atoms with E-state index in [1.807, 2.05) is 31.4 Å².